The van der Waals surface area contributed by atoms with E-state index in [4.69, 9.17) is 4.74 Å². The van der Waals surface area contributed by atoms with Crippen LogP contribution in [0.2, 0.25) is 0 Å². The first kappa shape index (κ1) is 14.1. The highest BCUT2D eigenvalue weighted by molar-refractivity contribution is 5.96. The van der Waals surface area contributed by atoms with Crippen LogP contribution in [-0.4, -0.2) is 12.9 Å². The molecule has 0 saturated heterocycles. The van der Waals surface area contributed by atoms with E-state index in [1.807, 2.05) is 66.7 Å². The smallest absolute Gasteiger partial charge is 0.163 e. The monoisotopic (exact) mass is 266 g/mol. The highest BCUT2D eigenvalue weighted by atomic mass is 16.5. The second-order valence-electron chi connectivity index (χ2n) is 4.50. The molecule has 0 radical (unpaired) electrons. The first-order chi connectivity index (χ1) is 9.79. The average Bonchev–Trinajstić information content (AvgIpc) is 2.53. The third-order valence-corrected chi connectivity index (χ3v) is 3.06. The number of allylic oxidation sites excluding steroid dienone is 1. The van der Waals surface area contributed by atoms with Gasteiger partial charge in [-0.2, -0.15) is 0 Å². The first-order valence-corrected chi connectivity index (χ1v) is 6.68. The van der Waals surface area contributed by atoms with E-state index in [0.29, 0.717) is 6.42 Å². The van der Waals surface area contributed by atoms with E-state index in [1.165, 1.54) is 0 Å². The molecule has 0 unspecified atom stereocenters. The molecule has 0 N–H and O–H groups in total. The molecule has 102 valence electrons. The molecule has 20 heavy (non-hydrogen) atoms. The van der Waals surface area contributed by atoms with Crippen LogP contribution < -0.4 is 4.74 Å². The van der Waals surface area contributed by atoms with E-state index in [9.17, 15) is 4.79 Å². The highest BCUT2D eigenvalue weighted by Crippen LogP contribution is 2.13. The number of carbonyl (C=O) groups is 1. The summed E-state index contributed by atoms with van der Waals surface area (Å²) in [5.41, 5.74) is 1.89. The zero-order valence-corrected chi connectivity index (χ0v) is 11.6. The van der Waals surface area contributed by atoms with Crippen LogP contribution >= 0.6 is 0 Å². The third kappa shape index (κ3) is 4.09. The number of ketones is 1. The number of ether oxygens (including phenoxy) is 1. The van der Waals surface area contributed by atoms with Gasteiger partial charge in [-0.1, -0.05) is 54.6 Å². The van der Waals surface area contributed by atoms with E-state index in [0.717, 1.165) is 23.3 Å². The zero-order valence-electron chi connectivity index (χ0n) is 11.6. The van der Waals surface area contributed by atoms with Gasteiger partial charge in [-0.25, -0.2) is 0 Å². The minimum Gasteiger partial charge on any atom is -0.497 e. The lowest BCUT2D eigenvalue weighted by atomic mass is 10.1. The number of hydrogen-bond donors (Lipinski definition) is 0. The van der Waals surface area contributed by atoms with Crippen LogP contribution in [0.5, 0.6) is 5.75 Å². The number of methoxy groups -OCH3 is 1. The molecule has 0 aromatic heterocycles. The van der Waals surface area contributed by atoms with E-state index >= 15 is 0 Å². The van der Waals surface area contributed by atoms with Crippen molar-refractivity contribution in [1.82, 2.24) is 0 Å². The van der Waals surface area contributed by atoms with Gasteiger partial charge in [-0.3, -0.25) is 4.79 Å². The van der Waals surface area contributed by atoms with Crippen molar-refractivity contribution in [1.29, 1.82) is 0 Å². The molecular formula is C18H18O2. The Morgan fingerprint density at radius 2 is 1.75 bits per heavy atom. The number of carbonyl (C=O) groups excluding carboxylic acids is 1. The lowest BCUT2D eigenvalue weighted by molar-refractivity contribution is 0.0984. The van der Waals surface area contributed by atoms with Gasteiger partial charge in [0.2, 0.25) is 0 Å². The fourth-order valence-corrected chi connectivity index (χ4v) is 1.92. The predicted octanol–water partition coefficient (Wildman–Crippen LogP) is 4.37. The van der Waals surface area contributed by atoms with Gasteiger partial charge in [0, 0.05) is 12.0 Å². The van der Waals surface area contributed by atoms with E-state index < -0.39 is 0 Å². The summed E-state index contributed by atoms with van der Waals surface area (Å²) in [5.74, 6) is 1.03. The van der Waals surface area contributed by atoms with E-state index in [1.54, 1.807) is 7.11 Å². The topological polar surface area (TPSA) is 26.3 Å². The normalized spacial score (nSPS) is 10.7. The Kier molecular flexibility index (Phi) is 5.13. The van der Waals surface area contributed by atoms with Gasteiger partial charge in [0.25, 0.3) is 0 Å². The maximum atomic E-state index is 11.9. The molecular weight excluding hydrogens is 248 g/mol. The van der Waals surface area contributed by atoms with Crippen molar-refractivity contribution in [2.24, 2.45) is 0 Å². The minimum absolute atomic E-state index is 0.185. The van der Waals surface area contributed by atoms with Crippen LogP contribution in [0.25, 0.3) is 6.08 Å². The quantitative estimate of drug-likeness (QED) is 0.726. The van der Waals surface area contributed by atoms with Crippen LogP contribution in [-0.2, 0) is 0 Å². The van der Waals surface area contributed by atoms with Crippen molar-refractivity contribution in [2.75, 3.05) is 7.11 Å². The van der Waals surface area contributed by atoms with Crippen molar-refractivity contribution < 1.29 is 9.53 Å². The minimum atomic E-state index is 0.185. The van der Waals surface area contributed by atoms with Gasteiger partial charge >= 0.3 is 0 Å². The molecule has 2 aromatic rings. The Hall–Kier alpha value is -2.35. The summed E-state index contributed by atoms with van der Waals surface area (Å²) < 4.78 is 5.11. The van der Waals surface area contributed by atoms with Crippen LogP contribution in [0, 0.1) is 0 Å². The Balaban J connectivity index is 1.83. The van der Waals surface area contributed by atoms with Gasteiger partial charge in [0.05, 0.1) is 7.11 Å². The van der Waals surface area contributed by atoms with Crippen molar-refractivity contribution in [3.05, 3.63) is 71.8 Å². The van der Waals surface area contributed by atoms with Crippen LogP contribution in [0.1, 0.15) is 28.8 Å². The maximum absolute atomic E-state index is 11.9. The molecule has 0 heterocycles. The third-order valence-electron chi connectivity index (χ3n) is 3.06. The highest BCUT2D eigenvalue weighted by Gasteiger charge is 2.02. The van der Waals surface area contributed by atoms with Gasteiger partial charge < -0.3 is 4.74 Å². The molecule has 0 saturated carbocycles. The molecule has 0 amide bonds. The number of Topliss-reactive ketones (excluding diaryl/α,β-unsaturated/α-hetero) is 1. The van der Waals surface area contributed by atoms with Crippen LogP contribution in [0.15, 0.2) is 60.7 Å². The lowest BCUT2D eigenvalue weighted by Gasteiger charge is -1.99. The Bertz CT molecular complexity index is 568. The van der Waals surface area contributed by atoms with Crippen molar-refractivity contribution in [2.45, 2.75) is 12.8 Å². The summed E-state index contributed by atoms with van der Waals surface area (Å²) in [6.07, 6.45) is 5.34. The Morgan fingerprint density at radius 3 is 2.40 bits per heavy atom. The van der Waals surface area contributed by atoms with Gasteiger partial charge in [0.1, 0.15) is 5.75 Å². The summed E-state index contributed by atoms with van der Waals surface area (Å²) in [5, 5.41) is 0. The average molecular weight is 266 g/mol. The fourth-order valence-electron chi connectivity index (χ4n) is 1.92. The van der Waals surface area contributed by atoms with Crippen molar-refractivity contribution in [3.8, 4) is 5.75 Å². The Morgan fingerprint density at radius 1 is 1.05 bits per heavy atom. The summed E-state index contributed by atoms with van der Waals surface area (Å²) >= 11 is 0. The van der Waals surface area contributed by atoms with E-state index in [2.05, 4.69) is 0 Å². The largest absolute Gasteiger partial charge is 0.497 e. The van der Waals surface area contributed by atoms with Crippen molar-refractivity contribution in [3.63, 3.8) is 0 Å². The van der Waals surface area contributed by atoms with E-state index in [-0.39, 0.29) is 5.78 Å². The first-order valence-electron chi connectivity index (χ1n) is 6.68. The summed E-state index contributed by atoms with van der Waals surface area (Å²) in [6, 6.07) is 17.2. The SMILES string of the molecule is COc1ccc(C=CCCC(=O)c2ccccc2)cc1. The number of hydrogen-bond acceptors (Lipinski definition) is 2. The van der Waals surface area contributed by atoms with Crippen LogP contribution in [0.3, 0.4) is 0 Å². The predicted molar refractivity (Wildman–Crippen MR) is 82.0 cm³/mol. The lowest BCUT2D eigenvalue weighted by Crippen LogP contribution is -1.97. The number of rotatable bonds is 6. The van der Waals surface area contributed by atoms with Gasteiger partial charge in [-0.15, -0.1) is 0 Å². The molecule has 2 heteroatoms. The molecule has 0 spiro atoms. The Labute approximate surface area is 119 Å². The fraction of sp³-hybridized carbons (Fsp3) is 0.167. The molecule has 0 atom stereocenters. The molecule has 0 aliphatic rings. The van der Waals surface area contributed by atoms with Crippen molar-refractivity contribution >= 4 is 11.9 Å². The molecule has 2 rings (SSSR count). The molecule has 2 aromatic carbocycles. The zero-order chi connectivity index (χ0) is 14.2. The van der Waals surface area contributed by atoms with Gasteiger partial charge in [-0.05, 0) is 24.1 Å². The summed E-state index contributed by atoms with van der Waals surface area (Å²) in [6.45, 7) is 0. The molecule has 0 fully saturated rings. The van der Waals surface area contributed by atoms with Crippen LogP contribution in [0.4, 0.5) is 0 Å². The molecule has 0 aliphatic heterocycles. The summed E-state index contributed by atoms with van der Waals surface area (Å²) in [7, 11) is 1.65. The molecule has 2 nitrogen and oxygen atoms in total. The van der Waals surface area contributed by atoms with Gasteiger partial charge in [0.15, 0.2) is 5.78 Å². The summed E-state index contributed by atoms with van der Waals surface area (Å²) in [4.78, 5) is 11.9. The molecule has 0 aliphatic carbocycles. The second kappa shape index (κ2) is 7.29. The standard InChI is InChI=1S/C18H18O2/c1-20-17-13-11-15(12-14-17)7-5-6-10-18(19)16-8-3-2-4-9-16/h2-5,7-9,11-14H,6,10H2,1H3. The molecule has 0 bridgehead atoms. The maximum Gasteiger partial charge on any atom is 0.163 e. The second-order valence-corrected chi connectivity index (χ2v) is 4.50. The number of benzene rings is 2.